The predicted molar refractivity (Wildman–Crippen MR) is 64.2 cm³/mol. The highest BCUT2D eigenvalue weighted by Gasteiger charge is 2.30. The lowest BCUT2D eigenvalue weighted by Crippen LogP contribution is -2.25. The Kier molecular flexibility index (Phi) is 2.19. The van der Waals surface area contributed by atoms with Crippen LogP contribution in [0.5, 0.6) is 0 Å². The quantitative estimate of drug-likeness (QED) is 0.768. The minimum Gasteiger partial charge on any atom is -0.382 e. The summed E-state index contributed by atoms with van der Waals surface area (Å²) in [5, 5.41) is 3.58. The lowest BCUT2D eigenvalue weighted by Gasteiger charge is -2.31. The van der Waals surface area contributed by atoms with Gasteiger partial charge in [0.25, 0.3) is 0 Å². The molecule has 3 rings (SSSR count). The number of benzene rings is 1. The fourth-order valence-corrected chi connectivity index (χ4v) is 2.84. The molecule has 1 saturated carbocycles. The maximum Gasteiger partial charge on any atom is 0.0377 e. The zero-order chi connectivity index (χ0) is 10.3. The van der Waals surface area contributed by atoms with Crippen molar-refractivity contribution >= 4 is 5.69 Å². The Morgan fingerprint density at radius 3 is 2.87 bits per heavy atom. The van der Waals surface area contributed by atoms with Crippen molar-refractivity contribution in [1.29, 1.82) is 0 Å². The Morgan fingerprint density at radius 1 is 1.27 bits per heavy atom. The second kappa shape index (κ2) is 3.55. The Hall–Kier alpha value is -0.980. The van der Waals surface area contributed by atoms with Crippen LogP contribution in [-0.2, 0) is 0 Å². The Balaban J connectivity index is 1.87. The van der Waals surface area contributed by atoms with E-state index in [4.69, 9.17) is 0 Å². The topological polar surface area (TPSA) is 12.0 Å². The Bertz CT molecular complexity index is 354. The van der Waals surface area contributed by atoms with Crippen molar-refractivity contribution in [1.82, 2.24) is 0 Å². The van der Waals surface area contributed by atoms with Gasteiger partial charge >= 0.3 is 0 Å². The molecule has 2 aliphatic rings. The highest BCUT2D eigenvalue weighted by atomic mass is 14.9. The predicted octanol–water partition coefficient (Wildman–Crippen LogP) is 3.77. The van der Waals surface area contributed by atoms with Gasteiger partial charge in [0.05, 0.1) is 0 Å². The van der Waals surface area contributed by atoms with Crippen LogP contribution in [-0.4, -0.2) is 6.04 Å². The van der Waals surface area contributed by atoms with E-state index in [9.17, 15) is 0 Å². The number of rotatable bonds is 2. The van der Waals surface area contributed by atoms with E-state index < -0.39 is 0 Å². The SMILES string of the molecule is CC1CC(CC2CC2)c2ccccc2N1. The van der Waals surface area contributed by atoms with Gasteiger partial charge in [0, 0.05) is 11.7 Å². The number of nitrogens with one attached hydrogen (secondary N) is 1. The fraction of sp³-hybridized carbons (Fsp3) is 0.571. The van der Waals surface area contributed by atoms with E-state index in [2.05, 4.69) is 36.5 Å². The zero-order valence-electron chi connectivity index (χ0n) is 9.37. The summed E-state index contributed by atoms with van der Waals surface area (Å²) in [5.74, 6) is 1.85. The number of para-hydroxylation sites is 1. The van der Waals surface area contributed by atoms with E-state index in [-0.39, 0.29) is 0 Å². The van der Waals surface area contributed by atoms with Crippen LogP contribution < -0.4 is 5.32 Å². The first-order valence-corrected chi connectivity index (χ1v) is 6.18. The third-order valence-corrected chi connectivity index (χ3v) is 3.76. The maximum absolute atomic E-state index is 3.58. The molecule has 1 aromatic rings. The molecule has 15 heavy (non-hydrogen) atoms. The first-order chi connectivity index (χ1) is 7.33. The van der Waals surface area contributed by atoms with Crippen LogP contribution in [0.25, 0.3) is 0 Å². The highest BCUT2D eigenvalue weighted by Crippen LogP contribution is 2.44. The van der Waals surface area contributed by atoms with Gasteiger partial charge in [-0.1, -0.05) is 31.0 Å². The number of fused-ring (bicyclic) bond motifs is 1. The molecule has 1 heteroatoms. The molecule has 0 saturated heterocycles. The minimum absolute atomic E-state index is 0.642. The molecule has 1 fully saturated rings. The van der Waals surface area contributed by atoms with Gasteiger partial charge in [-0.05, 0) is 43.2 Å². The second-order valence-electron chi connectivity index (χ2n) is 5.24. The molecule has 0 spiro atoms. The molecule has 2 unspecified atom stereocenters. The van der Waals surface area contributed by atoms with Gasteiger partial charge < -0.3 is 5.32 Å². The standard InChI is InChI=1S/C14H19N/c1-10-8-12(9-11-6-7-11)13-4-2-3-5-14(13)15-10/h2-5,10-12,15H,6-9H2,1H3. The van der Waals surface area contributed by atoms with Gasteiger partial charge in [-0.15, -0.1) is 0 Å². The second-order valence-corrected chi connectivity index (χ2v) is 5.24. The molecular formula is C14H19N. The normalized spacial score (nSPS) is 29.4. The third-order valence-electron chi connectivity index (χ3n) is 3.76. The fourth-order valence-electron chi connectivity index (χ4n) is 2.84. The Morgan fingerprint density at radius 2 is 2.07 bits per heavy atom. The molecule has 0 bridgehead atoms. The third kappa shape index (κ3) is 1.88. The van der Waals surface area contributed by atoms with Crippen molar-refractivity contribution in [2.24, 2.45) is 5.92 Å². The van der Waals surface area contributed by atoms with Gasteiger partial charge in [0.1, 0.15) is 0 Å². The van der Waals surface area contributed by atoms with Gasteiger partial charge in [0.2, 0.25) is 0 Å². The van der Waals surface area contributed by atoms with E-state index in [1.807, 2.05) is 0 Å². The average molecular weight is 201 g/mol. The summed E-state index contributed by atoms with van der Waals surface area (Å²) in [6.07, 6.45) is 5.68. The molecule has 0 aromatic heterocycles. The molecule has 1 nitrogen and oxygen atoms in total. The van der Waals surface area contributed by atoms with Crippen molar-refractivity contribution in [3.05, 3.63) is 29.8 Å². The van der Waals surface area contributed by atoms with Crippen LogP contribution in [0.4, 0.5) is 5.69 Å². The van der Waals surface area contributed by atoms with Crippen molar-refractivity contribution in [2.75, 3.05) is 5.32 Å². The van der Waals surface area contributed by atoms with Crippen LogP contribution in [0.2, 0.25) is 0 Å². The van der Waals surface area contributed by atoms with Gasteiger partial charge in [0.15, 0.2) is 0 Å². The highest BCUT2D eigenvalue weighted by molar-refractivity contribution is 5.55. The largest absolute Gasteiger partial charge is 0.382 e. The van der Waals surface area contributed by atoms with Crippen LogP contribution in [0.15, 0.2) is 24.3 Å². The first-order valence-electron chi connectivity index (χ1n) is 6.18. The molecule has 80 valence electrons. The first kappa shape index (κ1) is 9.26. The molecule has 1 aliphatic carbocycles. The summed E-state index contributed by atoms with van der Waals surface area (Å²) in [6.45, 7) is 2.30. The van der Waals surface area contributed by atoms with Gasteiger partial charge in [-0.3, -0.25) is 0 Å². The summed E-state index contributed by atoms with van der Waals surface area (Å²) in [5.41, 5.74) is 2.93. The van der Waals surface area contributed by atoms with E-state index in [1.54, 1.807) is 5.56 Å². The van der Waals surface area contributed by atoms with E-state index in [0.29, 0.717) is 6.04 Å². The molecule has 0 radical (unpaired) electrons. The monoisotopic (exact) mass is 201 g/mol. The molecule has 1 aliphatic heterocycles. The van der Waals surface area contributed by atoms with Crippen molar-refractivity contribution < 1.29 is 0 Å². The molecule has 1 heterocycles. The summed E-state index contributed by atoms with van der Waals surface area (Å²) in [7, 11) is 0. The van der Waals surface area contributed by atoms with Crippen LogP contribution in [0, 0.1) is 5.92 Å². The van der Waals surface area contributed by atoms with E-state index in [0.717, 1.165) is 11.8 Å². The van der Waals surface area contributed by atoms with Crippen molar-refractivity contribution in [2.45, 2.75) is 44.6 Å². The smallest absolute Gasteiger partial charge is 0.0377 e. The van der Waals surface area contributed by atoms with E-state index in [1.165, 1.54) is 31.4 Å². The summed E-state index contributed by atoms with van der Waals surface area (Å²) >= 11 is 0. The molecule has 1 N–H and O–H groups in total. The Labute approximate surface area is 91.9 Å². The zero-order valence-corrected chi connectivity index (χ0v) is 9.37. The molecule has 0 amide bonds. The molecule has 2 atom stereocenters. The summed E-state index contributed by atoms with van der Waals surface area (Å²) < 4.78 is 0. The van der Waals surface area contributed by atoms with Gasteiger partial charge in [-0.25, -0.2) is 0 Å². The van der Waals surface area contributed by atoms with Crippen LogP contribution >= 0.6 is 0 Å². The maximum atomic E-state index is 3.58. The van der Waals surface area contributed by atoms with E-state index >= 15 is 0 Å². The van der Waals surface area contributed by atoms with Gasteiger partial charge in [-0.2, -0.15) is 0 Å². The molecular weight excluding hydrogens is 182 g/mol. The number of anilines is 1. The lowest BCUT2D eigenvalue weighted by atomic mass is 9.84. The average Bonchev–Trinajstić information content (AvgIpc) is 3.01. The minimum atomic E-state index is 0.642. The number of hydrogen-bond acceptors (Lipinski definition) is 1. The lowest BCUT2D eigenvalue weighted by molar-refractivity contribution is 0.496. The number of hydrogen-bond donors (Lipinski definition) is 1. The molecule has 1 aromatic carbocycles. The van der Waals surface area contributed by atoms with Crippen molar-refractivity contribution in [3.63, 3.8) is 0 Å². The van der Waals surface area contributed by atoms with Crippen LogP contribution in [0.1, 0.15) is 44.1 Å². The van der Waals surface area contributed by atoms with Crippen LogP contribution in [0.3, 0.4) is 0 Å². The summed E-state index contributed by atoms with van der Waals surface area (Å²) in [4.78, 5) is 0. The summed E-state index contributed by atoms with van der Waals surface area (Å²) in [6, 6.07) is 9.49. The van der Waals surface area contributed by atoms with Crippen molar-refractivity contribution in [3.8, 4) is 0 Å².